The van der Waals surface area contributed by atoms with Gasteiger partial charge >= 0.3 is 0 Å². The SMILES string of the molecule is CC(C)[C@H](N)C(=O)NCC(=O)NCCc1ccccc1F.Cl. The van der Waals surface area contributed by atoms with Crippen LogP contribution in [0.2, 0.25) is 0 Å². The van der Waals surface area contributed by atoms with Crippen LogP contribution in [-0.4, -0.2) is 30.9 Å². The highest BCUT2D eigenvalue weighted by molar-refractivity contribution is 5.87. The van der Waals surface area contributed by atoms with Crippen LogP contribution in [0.4, 0.5) is 4.39 Å². The highest BCUT2D eigenvalue weighted by Gasteiger charge is 2.17. The van der Waals surface area contributed by atoms with E-state index in [-0.39, 0.29) is 42.5 Å². The van der Waals surface area contributed by atoms with E-state index in [2.05, 4.69) is 10.6 Å². The molecule has 0 unspecified atom stereocenters. The van der Waals surface area contributed by atoms with Gasteiger partial charge in [0.25, 0.3) is 0 Å². The maximum Gasteiger partial charge on any atom is 0.239 e. The molecule has 0 radical (unpaired) electrons. The van der Waals surface area contributed by atoms with Gasteiger partial charge in [0.1, 0.15) is 5.82 Å². The van der Waals surface area contributed by atoms with E-state index in [0.717, 1.165) is 0 Å². The van der Waals surface area contributed by atoms with Crippen molar-refractivity contribution in [1.29, 1.82) is 0 Å². The second-order valence-electron chi connectivity index (χ2n) is 5.18. The first kappa shape index (κ1) is 20.3. The lowest BCUT2D eigenvalue weighted by molar-refractivity contribution is -0.127. The van der Waals surface area contributed by atoms with Crippen LogP contribution in [0.5, 0.6) is 0 Å². The Bertz CT molecular complexity index is 497. The first-order chi connectivity index (χ1) is 9.91. The molecule has 0 saturated carbocycles. The van der Waals surface area contributed by atoms with Gasteiger partial charge in [-0.3, -0.25) is 9.59 Å². The molecule has 0 fully saturated rings. The molecule has 1 atom stereocenters. The summed E-state index contributed by atoms with van der Waals surface area (Å²) in [5.74, 6) is -0.957. The summed E-state index contributed by atoms with van der Waals surface area (Å²) in [7, 11) is 0. The van der Waals surface area contributed by atoms with Crippen molar-refractivity contribution in [3.05, 3.63) is 35.6 Å². The number of nitrogens with one attached hydrogen (secondary N) is 2. The molecule has 0 heterocycles. The number of amides is 2. The highest BCUT2D eigenvalue weighted by Crippen LogP contribution is 2.06. The molecule has 124 valence electrons. The number of carbonyl (C=O) groups excluding carboxylic acids is 2. The van der Waals surface area contributed by atoms with Gasteiger partial charge in [0, 0.05) is 6.54 Å². The lowest BCUT2D eigenvalue weighted by atomic mass is 10.1. The van der Waals surface area contributed by atoms with Gasteiger partial charge in [-0.25, -0.2) is 4.39 Å². The van der Waals surface area contributed by atoms with Gasteiger partial charge < -0.3 is 16.4 Å². The number of halogens is 2. The summed E-state index contributed by atoms with van der Waals surface area (Å²) in [6, 6.07) is 5.78. The molecule has 0 aromatic heterocycles. The zero-order chi connectivity index (χ0) is 15.8. The van der Waals surface area contributed by atoms with Crippen molar-refractivity contribution < 1.29 is 14.0 Å². The smallest absolute Gasteiger partial charge is 0.239 e. The second kappa shape index (κ2) is 10.1. The van der Waals surface area contributed by atoms with E-state index < -0.39 is 6.04 Å². The van der Waals surface area contributed by atoms with E-state index in [1.807, 2.05) is 13.8 Å². The van der Waals surface area contributed by atoms with Crippen molar-refractivity contribution in [1.82, 2.24) is 10.6 Å². The lowest BCUT2D eigenvalue weighted by Crippen LogP contribution is -2.47. The molecule has 0 aliphatic rings. The van der Waals surface area contributed by atoms with Crippen molar-refractivity contribution in [3.8, 4) is 0 Å². The normalized spacial score (nSPS) is 11.5. The number of rotatable bonds is 7. The number of carbonyl (C=O) groups is 2. The molecule has 0 bridgehead atoms. The quantitative estimate of drug-likeness (QED) is 0.697. The average molecular weight is 332 g/mol. The average Bonchev–Trinajstić information content (AvgIpc) is 2.45. The largest absolute Gasteiger partial charge is 0.354 e. The van der Waals surface area contributed by atoms with E-state index in [9.17, 15) is 14.0 Å². The third-order valence-corrected chi connectivity index (χ3v) is 3.12. The van der Waals surface area contributed by atoms with Crippen LogP contribution in [0, 0.1) is 11.7 Å². The topological polar surface area (TPSA) is 84.2 Å². The molecule has 4 N–H and O–H groups in total. The first-order valence-corrected chi connectivity index (χ1v) is 6.95. The van der Waals surface area contributed by atoms with Gasteiger partial charge in [-0.1, -0.05) is 32.0 Å². The van der Waals surface area contributed by atoms with Gasteiger partial charge in [0.05, 0.1) is 12.6 Å². The zero-order valence-corrected chi connectivity index (χ0v) is 13.6. The van der Waals surface area contributed by atoms with Crippen molar-refractivity contribution in [2.45, 2.75) is 26.3 Å². The summed E-state index contributed by atoms with van der Waals surface area (Å²) in [5.41, 5.74) is 6.20. The van der Waals surface area contributed by atoms with Crippen LogP contribution in [0.1, 0.15) is 19.4 Å². The van der Waals surface area contributed by atoms with Crippen LogP contribution in [0.15, 0.2) is 24.3 Å². The van der Waals surface area contributed by atoms with Gasteiger partial charge in [-0.2, -0.15) is 0 Å². The molecule has 5 nitrogen and oxygen atoms in total. The molecule has 2 amide bonds. The molecular weight excluding hydrogens is 309 g/mol. The fourth-order valence-corrected chi connectivity index (χ4v) is 1.69. The van der Waals surface area contributed by atoms with Crippen LogP contribution < -0.4 is 16.4 Å². The van der Waals surface area contributed by atoms with Gasteiger partial charge in [-0.05, 0) is 24.0 Å². The van der Waals surface area contributed by atoms with E-state index in [4.69, 9.17) is 5.73 Å². The molecule has 0 aliphatic carbocycles. The Kier molecular flexibility index (Phi) is 9.37. The minimum atomic E-state index is -0.629. The van der Waals surface area contributed by atoms with Gasteiger partial charge in [-0.15, -0.1) is 12.4 Å². The standard InChI is InChI=1S/C15H22FN3O2.ClH/c1-10(2)14(17)15(21)19-9-13(20)18-8-7-11-5-3-4-6-12(11)16;/h3-6,10,14H,7-9,17H2,1-2H3,(H,18,20)(H,19,21);1H/t14-;/m0./s1. The summed E-state index contributed by atoms with van der Waals surface area (Å²) in [4.78, 5) is 23.1. The number of hydrogen-bond acceptors (Lipinski definition) is 3. The van der Waals surface area contributed by atoms with Crippen LogP contribution in [-0.2, 0) is 16.0 Å². The van der Waals surface area contributed by atoms with Gasteiger partial charge in [0.2, 0.25) is 11.8 Å². The molecule has 7 heteroatoms. The van der Waals surface area contributed by atoms with Gasteiger partial charge in [0.15, 0.2) is 0 Å². The summed E-state index contributed by atoms with van der Waals surface area (Å²) in [5, 5.41) is 5.09. The van der Waals surface area contributed by atoms with Crippen molar-refractivity contribution in [3.63, 3.8) is 0 Å². The van der Waals surface area contributed by atoms with E-state index in [0.29, 0.717) is 18.5 Å². The minimum absolute atomic E-state index is 0. The van der Waals surface area contributed by atoms with Crippen LogP contribution >= 0.6 is 12.4 Å². The van der Waals surface area contributed by atoms with Crippen molar-refractivity contribution >= 4 is 24.2 Å². The Morgan fingerprint density at radius 1 is 1.23 bits per heavy atom. The van der Waals surface area contributed by atoms with Crippen LogP contribution in [0.3, 0.4) is 0 Å². The molecule has 1 aromatic carbocycles. The van der Waals surface area contributed by atoms with Crippen molar-refractivity contribution in [2.75, 3.05) is 13.1 Å². The van der Waals surface area contributed by atoms with E-state index in [1.165, 1.54) is 6.07 Å². The lowest BCUT2D eigenvalue weighted by Gasteiger charge is -2.15. The molecular formula is C15H23ClFN3O2. The summed E-state index contributed by atoms with van der Waals surface area (Å²) in [6.07, 6.45) is 0.401. The van der Waals surface area contributed by atoms with E-state index in [1.54, 1.807) is 18.2 Å². The maximum absolute atomic E-state index is 13.3. The predicted molar refractivity (Wildman–Crippen MR) is 86.2 cm³/mol. The van der Waals surface area contributed by atoms with Crippen molar-refractivity contribution in [2.24, 2.45) is 11.7 Å². The second-order valence-corrected chi connectivity index (χ2v) is 5.18. The first-order valence-electron chi connectivity index (χ1n) is 6.95. The Hall–Kier alpha value is -1.66. The maximum atomic E-state index is 13.3. The highest BCUT2D eigenvalue weighted by atomic mass is 35.5. The van der Waals surface area contributed by atoms with E-state index >= 15 is 0 Å². The fourth-order valence-electron chi connectivity index (χ4n) is 1.69. The summed E-state index contributed by atoms with van der Waals surface area (Å²) < 4.78 is 13.3. The number of hydrogen-bond donors (Lipinski definition) is 3. The Morgan fingerprint density at radius 2 is 1.86 bits per heavy atom. The predicted octanol–water partition coefficient (Wildman–Crippen LogP) is 1.01. The number of nitrogens with two attached hydrogens (primary N) is 1. The molecule has 0 saturated heterocycles. The molecule has 1 aromatic rings. The molecule has 22 heavy (non-hydrogen) atoms. The minimum Gasteiger partial charge on any atom is -0.354 e. The number of benzene rings is 1. The molecule has 0 spiro atoms. The monoisotopic (exact) mass is 331 g/mol. The molecule has 1 rings (SSSR count). The zero-order valence-electron chi connectivity index (χ0n) is 12.8. The summed E-state index contributed by atoms with van der Waals surface area (Å²) >= 11 is 0. The summed E-state index contributed by atoms with van der Waals surface area (Å²) in [6.45, 7) is 3.85. The molecule has 0 aliphatic heterocycles. The third kappa shape index (κ3) is 6.87. The Morgan fingerprint density at radius 3 is 2.45 bits per heavy atom. The Labute approximate surface area is 136 Å². The van der Waals surface area contributed by atoms with Crippen LogP contribution in [0.25, 0.3) is 0 Å². The third-order valence-electron chi connectivity index (χ3n) is 3.12. The Balaban J connectivity index is 0.00000441. The fraction of sp³-hybridized carbons (Fsp3) is 0.467.